The monoisotopic (exact) mass is 386 g/mol. The van der Waals surface area contributed by atoms with Crippen molar-refractivity contribution in [1.82, 2.24) is 10.2 Å². The molecule has 0 saturated carbocycles. The van der Waals surface area contributed by atoms with Crippen LogP contribution in [0.5, 0.6) is 0 Å². The van der Waals surface area contributed by atoms with Gasteiger partial charge >= 0.3 is 12.0 Å². The van der Waals surface area contributed by atoms with Crippen LogP contribution in [0.4, 0.5) is 9.18 Å². The zero-order valence-corrected chi connectivity index (χ0v) is 14.5. The number of halogens is 2. The molecule has 1 saturated heterocycles. The summed E-state index contributed by atoms with van der Waals surface area (Å²) in [5.41, 5.74) is 0.539. The van der Waals surface area contributed by atoms with Crippen molar-refractivity contribution in [1.29, 1.82) is 0 Å². The molecule has 0 aliphatic carbocycles. The molecule has 2 N–H and O–H groups in total. The number of nitrogens with one attached hydrogen (secondary N) is 1. The minimum Gasteiger partial charge on any atom is -0.481 e. The maximum atomic E-state index is 13.7. The number of carboxylic acid groups (broad SMARTS) is 1. The molecule has 126 valence electrons. The van der Waals surface area contributed by atoms with Crippen LogP contribution in [0.2, 0.25) is 0 Å². The van der Waals surface area contributed by atoms with Gasteiger partial charge in [0.05, 0.1) is 5.92 Å². The summed E-state index contributed by atoms with van der Waals surface area (Å²) in [4.78, 5) is 24.7. The third-order valence-electron chi connectivity index (χ3n) is 4.04. The van der Waals surface area contributed by atoms with Gasteiger partial charge in [-0.3, -0.25) is 4.79 Å². The van der Waals surface area contributed by atoms with Gasteiger partial charge in [0.2, 0.25) is 0 Å². The third kappa shape index (κ3) is 4.92. The van der Waals surface area contributed by atoms with Crippen molar-refractivity contribution >= 4 is 27.9 Å². The van der Waals surface area contributed by atoms with Crippen LogP contribution >= 0.6 is 15.9 Å². The lowest BCUT2D eigenvalue weighted by atomic mass is 9.97. The number of rotatable bonds is 4. The highest BCUT2D eigenvalue weighted by Crippen LogP contribution is 2.19. The first-order valence-electron chi connectivity index (χ1n) is 7.59. The largest absolute Gasteiger partial charge is 0.481 e. The normalized spacial score (nSPS) is 16.9. The Morgan fingerprint density at radius 3 is 2.70 bits per heavy atom. The van der Waals surface area contributed by atoms with E-state index in [1.165, 1.54) is 6.07 Å². The van der Waals surface area contributed by atoms with Crippen molar-refractivity contribution in [3.05, 3.63) is 34.1 Å². The Labute approximate surface area is 143 Å². The summed E-state index contributed by atoms with van der Waals surface area (Å²) in [7, 11) is 0. The van der Waals surface area contributed by atoms with Gasteiger partial charge in [-0.25, -0.2) is 9.18 Å². The summed E-state index contributed by atoms with van der Waals surface area (Å²) >= 11 is 3.31. The fourth-order valence-corrected chi connectivity index (χ4v) is 3.12. The molecule has 23 heavy (non-hydrogen) atoms. The van der Waals surface area contributed by atoms with E-state index in [1.54, 1.807) is 17.0 Å². The van der Waals surface area contributed by atoms with Crippen LogP contribution in [0, 0.1) is 11.7 Å². The summed E-state index contributed by atoms with van der Waals surface area (Å²) in [6, 6.07) is 4.29. The first kappa shape index (κ1) is 17.7. The maximum absolute atomic E-state index is 13.7. The lowest BCUT2D eigenvalue weighted by Gasteiger charge is -2.31. The van der Waals surface area contributed by atoms with E-state index in [0.29, 0.717) is 37.9 Å². The van der Waals surface area contributed by atoms with E-state index < -0.39 is 5.97 Å². The Morgan fingerprint density at radius 2 is 2.09 bits per heavy atom. The Balaban J connectivity index is 1.85. The summed E-state index contributed by atoms with van der Waals surface area (Å²) < 4.78 is 14.5. The van der Waals surface area contributed by atoms with E-state index >= 15 is 0 Å². The quantitative estimate of drug-likeness (QED) is 0.835. The molecule has 1 aliphatic rings. The molecular formula is C16H20BrFN2O3. The van der Waals surface area contributed by atoms with Crippen molar-refractivity contribution in [3.63, 3.8) is 0 Å². The van der Waals surface area contributed by atoms with Gasteiger partial charge in [0.25, 0.3) is 0 Å². The van der Waals surface area contributed by atoms with Gasteiger partial charge < -0.3 is 15.3 Å². The lowest BCUT2D eigenvalue weighted by Crippen LogP contribution is -2.48. The molecule has 7 heteroatoms. The molecule has 0 bridgehead atoms. The van der Waals surface area contributed by atoms with Gasteiger partial charge in [-0.1, -0.05) is 15.9 Å². The smallest absolute Gasteiger partial charge is 0.317 e. The SMILES string of the molecule is CC(Cc1cc(Br)ccc1F)NC(=O)N1CCC(C(=O)O)CC1. The Bertz CT molecular complexity index is 589. The molecule has 1 aliphatic heterocycles. The predicted octanol–water partition coefficient (Wildman–Crippen LogP) is 3.03. The van der Waals surface area contributed by atoms with Crippen molar-refractivity contribution in [2.24, 2.45) is 5.92 Å². The summed E-state index contributed by atoms with van der Waals surface area (Å²) in [6.07, 6.45) is 1.33. The molecule has 1 heterocycles. The highest BCUT2D eigenvalue weighted by Gasteiger charge is 2.27. The van der Waals surface area contributed by atoms with Gasteiger partial charge in [0.15, 0.2) is 0 Å². The van der Waals surface area contributed by atoms with Crippen molar-refractivity contribution in [2.75, 3.05) is 13.1 Å². The molecule has 2 amide bonds. The van der Waals surface area contributed by atoms with Crippen molar-refractivity contribution < 1.29 is 19.1 Å². The van der Waals surface area contributed by atoms with Crippen molar-refractivity contribution in [2.45, 2.75) is 32.2 Å². The minimum atomic E-state index is -0.802. The van der Waals surface area contributed by atoms with E-state index in [1.807, 2.05) is 6.92 Å². The summed E-state index contributed by atoms with van der Waals surface area (Å²) in [6.45, 7) is 2.68. The molecule has 1 unspecified atom stereocenters. The molecule has 1 fully saturated rings. The molecule has 2 rings (SSSR count). The Morgan fingerprint density at radius 1 is 1.43 bits per heavy atom. The van der Waals surface area contributed by atoms with Crippen LogP contribution in [-0.2, 0) is 11.2 Å². The van der Waals surface area contributed by atoms with Gasteiger partial charge in [-0.05, 0) is 49.9 Å². The van der Waals surface area contributed by atoms with Gasteiger partial charge in [-0.15, -0.1) is 0 Å². The zero-order chi connectivity index (χ0) is 17.0. The fourth-order valence-electron chi connectivity index (χ4n) is 2.71. The molecule has 0 spiro atoms. The van der Waals surface area contributed by atoms with Crippen LogP contribution in [0.15, 0.2) is 22.7 Å². The van der Waals surface area contributed by atoms with Crippen LogP contribution in [0.1, 0.15) is 25.3 Å². The second-order valence-electron chi connectivity index (χ2n) is 5.89. The third-order valence-corrected chi connectivity index (χ3v) is 4.53. The minimum absolute atomic E-state index is 0.219. The van der Waals surface area contributed by atoms with Gasteiger partial charge in [0.1, 0.15) is 5.82 Å². The molecular weight excluding hydrogens is 367 g/mol. The highest BCUT2D eigenvalue weighted by molar-refractivity contribution is 9.10. The first-order valence-corrected chi connectivity index (χ1v) is 8.38. The van der Waals surface area contributed by atoms with Crippen molar-refractivity contribution in [3.8, 4) is 0 Å². The van der Waals surface area contributed by atoms with Crippen LogP contribution in [0.25, 0.3) is 0 Å². The average molecular weight is 387 g/mol. The molecule has 0 aromatic heterocycles. The van der Waals surface area contributed by atoms with Gasteiger partial charge in [-0.2, -0.15) is 0 Å². The number of aliphatic carboxylic acids is 1. The molecule has 0 radical (unpaired) electrons. The number of nitrogens with zero attached hydrogens (tertiary/aromatic N) is 1. The number of hydrogen-bond donors (Lipinski definition) is 2. The first-order chi connectivity index (χ1) is 10.9. The van der Waals surface area contributed by atoms with Gasteiger partial charge in [0, 0.05) is 23.6 Å². The van der Waals surface area contributed by atoms with E-state index in [0.717, 1.165) is 4.47 Å². The molecule has 1 aromatic rings. The average Bonchev–Trinajstić information content (AvgIpc) is 2.51. The zero-order valence-electron chi connectivity index (χ0n) is 12.9. The number of carbonyl (C=O) groups is 2. The number of likely N-dealkylation sites (tertiary alicyclic amines) is 1. The number of benzene rings is 1. The topological polar surface area (TPSA) is 69.6 Å². The molecule has 1 aromatic carbocycles. The Kier molecular flexibility index (Phi) is 5.98. The summed E-state index contributed by atoms with van der Waals surface area (Å²) in [5.74, 6) is -1.47. The van der Waals surface area contributed by atoms with E-state index in [2.05, 4.69) is 21.2 Å². The number of urea groups is 1. The van der Waals surface area contributed by atoms with E-state index in [4.69, 9.17) is 5.11 Å². The number of hydrogen-bond acceptors (Lipinski definition) is 2. The maximum Gasteiger partial charge on any atom is 0.317 e. The standard InChI is InChI=1S/C16H20BrFN2O3/c1-10(8-12-9-13(17)2-3-14(12)18)19-16(23)20-6-4-11(5-7-20)15(21)22/h2-3,9-11H,4-8H2,1H3,(H,19,23)(H,21,22). The number of piperidine rings is 1. The predicted molar refractivity (Wildman–Crippen MR) is 87.7 cm³/mol. The molecule has 1 atom stereocenters. The summed E-state index contributed by atoms with van der Waals surface area (Å²) in [5, 5.41) is 11.8. The van der Waals surface area contributed by atoms with Crippen LogP contribution in [0.3, 0.4) is 0 Å². The highest BCUT2D eigenvalue weighted by atomic mass is 79.9. The van der Waals surface area contributed by atoms with Crippen LogP contribution in [-0.4, -0.2) is 41.1 Å². The number of amides is 2. The van der Waals surface area contributed by atoms with Crippen LogP contribution < -0.4 is 5.32 Å². The number of carbonyl (C=O) groups excluding carboxylic acids is 1. The molecule has 5 nitrogen and oxygen atoms in total. The van der Waals surface area contributed by atoms with E-state index in [9.17, 15) is 14.0 Å². The second kappa shape index (κ2) is 7.77. The number of carboxylic acids is 1. The second-order valence-corrected chi connectivity index (χ2v) is 6.81. The lowest BCUT2D eigenvalue weighted by molar-refractivity contribution is -0.143. The van der Waals surface area contributed by atoms with E-state index in [-0.39, 0.29) is 23.8 Å². The fraction of sp³-hybridized carbons (Fsp3) is 0.500. The Hall–Kier alpha value is -1.63.